The van der Waals surface area contributed by atoms with E-state index in [9.17, 15) is 0 Å². The summed E-state index contributed by atoms with van der Waals surface area (Å²) < 4.78 is 5.34. The normalized spacial score (nSPS) is 10.8. The average molecular weight is 209 g/mol. The van der Waals surface area contributed by atoms with Crippen LogP contribution in [0.3, 0.4) is 0 Å². The second-order valence-corrected chi connectivity index (χ2v) is 3.18. The first kappa shape index (κ1) is 11.5. The summed E-state index contributed by atoms with van der Waals surface area (Å²) in [6.45, 7) is 2.33. The van der Waals surface area contributed by atoms with Crippen molar-refractivity contribution in [1.82, 2.24) is 0 Å². The van der Waals surface area contributed by atoms with Crippen molar-refractivity contribution in [3.05, 3.63) is 29.3 Å². The third kappa shape index (κ3) is 3.59. The maximum absolute atomic E-state index is 8.78. The van der Waals surface area contributed by atoms with E-state index in [-0.39, 0.29) is 13.2 Å². The smallest absolute Gasteiger partial charge is 0.127 e. The zero-order valence-corrected chi connectivity index (χ0v) is 8.68. The summed E-state index contributed by atoms with van der Waals surface area (Å²) in [7, 11) is 0. The lowest BCUT2D eigenvalue weighted by atomic mass is 10.1. The molecule has 0 heterocycles. The molecule has 1 rings (SSSR count). The van der Waals surface area contributed by atoms with Gasteiger partial charge in [0.25, 0.3) is 0 Å². The van der Waals surface area contributed by atoms with Gasteiger partial charge in [-0.15, -0.1) is 0 Å². The van der Waals surface area contributed by atoms with Crippen LogP contribution in [0, 0.1) is 6.92 Å². The first-order valence-corrected chi connectivity index (χ1v) is 4.77. The quantitative estimate of drug-likeness (QED) is 0.437. The molecule has 0 bridgehead atoms. The lowest BCUT2D eigenvalue weighted by molar-refractivity contribution is 0.299. The number of benzene rings is 1. The lowest BCUT2D eigenvalue weighted by Gasteiger charge is -2.08. The standard InChI is InChI=1S/C11H15NO3/c1-9-8-10(4-6-13)2-3-11(9)15-7-5-12-14/h2-3,5,8,13-14H,4,6-7H2,1H3/b12-5+. The van der Waals surface area contributed by atoms with Gasteiger partial charge in [0.1, 0.15) is 12.4 Å². The molecular formula is C11H15NO3. The molecule has 0 aromatic heterocycles. The van der Waals surface area contributed by atoms with E-state index in [0.29, 0.717) is 6.42 Å². The second kappa shape index (κ2) is 6.03. The van der Waals surface area contributed by atoms with E-state index >= 15 is 0 Å². The molecule has 0 saturated carbocycles. The molecule has 0 aliphatic heterocycles. The van der Waals surface area contributed by atoms with Crippen molar-refractivity contribution >= 4 is 6.21 Å². The number of oxime groups is 1. The van der Waals surface area contributed by atoms with Crippen LogP contribution in [0.4, 0.5) is 0 Å². The van der Waals surface area contributed by atoms with E-state index in [0.717, 1.165) is 16.9 Å². The van der Waals surface area contributed by atoms with Gasteiger partial charge in [-0.3, -0.25) is 0 Å². The molecule has 0 spiro atoms. The third-order valence-electron chi connectivity index (χ3n) is 2.03. The van der Waals surface area contributed by atoms with Gasteiger partial charge in [0.15, 0.2) is 0 Å². The zero-order chi connectivity index (χ0) is 11.1. The molecule has 0 saturated heterocycles. The van der Waals surface area contributed by atoms with Crippen LogP contribution < -0.4 is 4.74 Å². The SMILES string of the molecule is Cc1cc(CCO)ccc1OC/C=N/O. The van der Waals surface area contributed by atoms with Gasteiger partial charge in [-0.2, -0.15) is 0 Å². The molecule has 4 heteroatoms. The summed E-state index contributed by atoms with van der Waals surface area (Å²) in [6.07, 6.45) is 1.93. The first-order chi connectivity index (χ1) is 7.27. The zero-order valence-electron chi connectivity index (χ0n) is 8.68. The van der Waals surface area contributed by atoms with Gasteiger partial charge >= 0.3 is 0 Å². The molecule has 0 atom stereocenters. The number of hydrogen-bond donors (Lipinski definition) is 2. The molecule has 1 aromatic rings. The Morgan fingerprint density at radius 2 is 2.27 bits per heavy atom. The van der Waals surface area contributed by atoms with E-state index in [1.54, 1.807) is 0 Å². The summed E-state index contributed by atoms with van der Waals surface area (Å²) >= 11 is 0. The lowest BCUT2D eigenvalue weighted by Crippen LogP contribution is -2.00. The molecule has 0 amide bonds. The van der Waals surface area contributed by atoms with Gasteiger partial charge in [0.2, 0.25) is 0 Å². The molecule has 0 fully saturated rings. The Labute approximate surface area is 88.8 Å². The van der Waals surface area contributed by atoms with Crippen LogP contribution in [-0.2, 0) is 6.42 Å². The van der Waals surface area contributed by atoms with Gasteiger partial charge in [0, 0.05) is 6.61 Å². The fraction of sp³-hybridized carbons (Fsp3) is 0.364. The van der Waals surface area contributed by atoms with Crippen LogP contribution in [0.15, 0.2) is 23.4 Å². The molecule has 0 radical (unpaired) electrons. The van der Waals surface area contributed by atoms with E-state index in [1.807, 2.05) is 25.1 Å². The van der Waals surface area contributed by atoms with Gasteiger partial charge in [0.05, 0.1) is 6.21 Å². The highest BCUT2D eigenvalue weighted by Gasteiger charge is 2.00. The number of ether oxygens (including phenoxy) is 1. The Morgan fingerprint density at radius 1 is 1.47 bits per heavy atom. The maximum Gasteiger partial charge on any atom is 0.127 e. The molecule has 0 aliphatic rings. The number of aryl methyl sites for hydroxylation is 1. The number of hydrogen-bond acceptors (Lipinski definition) is 4. The van der Waals surface area contributed by atoms with Crippen molar-refractivity contribution in [2.75, 3.05) is 13.2 Å². The van der Waals surface area contributed by atoms with Gasteiger partial charge in [-0.1, -0.05) is 17.3 Å². The number of rotatable bonds is 5. The molecule has 4 nitrogen and oxygen atoms in total. The summed E-state index contributed by atoms with van der Waals surface area (Å²) in [5.41, 5.74) is 2.09. The fourth-order valence-corrected chi connectivity index (χ4v) is 1.32. The predicted molar refractivity (Wildman–Crippen MR) is 57.7 cm³/mol. The van der Waals surface area contributed by atoms with Crippen molar-refractivity contribution < 1.29 is 15.1 Å². The first-order valence-electron chi connectivity index (χ1n) is 4.77. The molecule has 15 heavy (non-hydrogen) atoms. The molecule has 0 unspecified atom stereocenters. The van der Waals surface area contributed by atoms with Crippen LogP contribution in [0.25, 0.3) is 0 Å². The van der Waals surface area contributed by atoms with Crippen LogP contribution in [0.2, 0.25) is 0 Å². The minimum absolute atomic E-state index is 0.150. The van der Waals surface area contributed by atoms with Crippen molar-refractivity contribution in [3.8, 4) is 5.75 Å². The molecule has 82 valence electrons. The maximum atomic E-state index is 8.78. The summed E-state index contributed by atoms with van der Waals surface area (Å²) in [5, 5.41) is 19.8. The van der Waals surface area contributed by atoms with Gasteiger partial charge in [-0.05, 0) is 30.5 Å². The van der Waals surface area contributed by atoms with E-state index < -0.39 is 0 Å². The molecule has 2 N–H and O–H groups in total. The monoisotopic (exact) mass is 209 g/mol. The minimum atomic E-state index is 0.150. The Hall–Kier alpha value is -1.55. The number of aliphatic hydroxyl groups excluding tert-OH is 1. The van der Waals surface area contributed by atoms with Crippen LogP contribution in [-0.4, -0.2) is 29.7 Å². The van der Waals surface area contributed by atoms with E-state index in [1.165, 1.54) is 6.21 Å². The van der Waals surface area contributed by atoms with Crippen LogP contribution >= 0.6 is 0 Å². The average Bonchev–Trinajstić information content (AvgIpc) is 2.22. The predicted octanol–water partition coefficient (Wildman–Crippen LogP) is 1.37. The molecule has 1 aromatic carbocycles. The van der Waals surface area contributed by atoms with E-state index in [2.05, 4.69) is 5.16 Å². The number of aliphatic hydroxyl groups is 1. The van der Waals surface area contributed by atoms with Crippen LogP contribution in [0.1, 0.15) is 11.1 Å². The third-order valence-corrected chi connectivity index (χ3v) is 2.03. The van der Waals surface area contributed by atoms with Crippen LogP contribution in [0.5, 0.6) is 5.75 Å². The largest absolute Gasteiger partial charge is 0.488 e. The number of nitrogens with zero attached hydrogens (tertiary/aromatic N) is 1. The van der Waals surface area contributed by atoms with Gasteiger partial charge in [-0.25, -0.2) is 0 Å². The fourth-order valence-electron chi connectivity index (χ4n) is 1.32. The highest BCUT2D eigenvalue weighted by atomic mass is 16.5. The highest BCUT2D eigenvalue weighted by Crippen LogP contribution is 2.19. The highest BCUT2D eigenvalue weighted by molar-refractivity contribution is 5.58. The summed E-state index contributed by atoms with van der Waals surface area (Å²) in [6, 6.07) is 5.74. The van der Waals surface area contributed by atoms with Crippen molar-refractivity contribution in [1.29, 1.82) is 0 Å². The van der Waals surface area contributed by atoms with Crippen molar-refractivity contribution in [2.45, 2.75) is 13.3 Å². The van der Waals surface area contributed by atoms with Crippen molar-refractivity contribution in [3.63, 3.8) is 0 Å². The Balaban J connectivity index is 2.65. The van der Waals surface area contributed by atoms with E-state index in [4.69, 9.17) is 15.1 Å². The Morgan fingerprint density at radius 3 is 2.87 bits per heavy atom. The van der Waals surface area contributed by atoms with Gasteiger partial charge < -0.3 is 15.1 Å². The Bertz CT molecular complexity index is 337. The summed E-state index contributed by atoms with van der Waals surface area (Å²) in [4.78, 5) is 0. The Kier molecular flexibility index (Phi) is 4.63. The second-order valence-electron chi connectivity index (χ2n) is 3.18. The molecule has 0 aliphatic carbocycles. The minimum Gasteiger partial charge on any atom is -0.488 e. The topological polar surface area (TPSA) is 62.0 Å². The summed E-state index contributed by atoms with van der Waals surface area (Å²) in [5.74, 6) is 0.761. The molecular weight excluding hydrogens is 194 g/mol. The van der Waals surface area contributed by atoms with Crippen molar-refractivity contribution in [2.24, 2.45) is 5.16 Å².